The molecule has 35 heavy (non-hydrogen) atoms. The normalized spacial score (nSPS) is 11.7. The third-order valence-electron chi connectivity index (χ3n) is 5.42. The Morgan fingerprint density at radius 3 is 1.83 bits per heavy atom. The number of benzene rings is 3. The Hall–Kier alpha value is -3.97. The van der Waals surface area contributed by atoms with Crippen LogP contribution in [0.15, 0.2) is 102 Å². The molecule has 0 spiro atoms. The van der Waals surface area contributed by atoms with Crippen LogP contribution in [0.2, 0.25) is 0 Å². The van der Waals surface area contributed by atoms with Crippen molar-refractivity contribution in [2.75, 3.05) is 18.5 Å². The quantitative estimate of drug-likeness (QED) is 0.132. The van der Waals surface area contributed by atoms with Gasteiger partial charge in [0.2, 0.25) is 5.71 Å². The number of rotatable bonds is 10. The number of thiazole rings is 1. The van der Waals surface area contributed by atoms with Crippen molar-refractivity contribution in [3.05, 3.63) is 119 Å². The summed E-state index contributed by atoms with van der Waals surface area (Å²) in [5.41, 5.74) is 2.89. The first-order valence-corrected chi connectivity index (χ1v) is 12.3. The average molecular weight is 486 g/mol. The number of nitrogens with zero attached hydrogens (tertiary/aromatic N) is 2. The predicted molar refractivity (Wildman–Crippen MR) is 140 cm³/mol. The summed E-state index contributed by atoms with van der Waals surface area (Å²) in [4.78, 5) is 22.4. The molecule has 0 bridgehead atoms. The molecular weight excluding hydrogens is 458 g/mol. The molecule has 0 atom stereocenters. The number of carbonyl (C=O) groups is 1. The van der Waals surface area contributed by atoms with Gasteiger partial charge in [-0.25, -0.2) is 9.78 Å². The number of aromatic nitrogens is 1. The molecule has 1 aromatic heterocycles. The lowest BCUT2D eigenvalue weighted by Crippen LogP contribution is -2.38. The van der Waals surface area contributed by atoms with Gasteiger partial charge in [0.15, 0.2) is 5.13 Å². The van der Waals surface area contributed by atoms with Crippen LogP contribution in [0, 0.1) is 0 Å². The Balaban J connectivity index is 1.84. The van der Waals surface area contributed by atoms with E-state index in [1.54, 1.807) is 19.2 Å². The van der Waals surface area contributed by atoms with Crippen LogP contribution in [0.25, 0.3) is 0 Å². The monoisotopic (exact) mass is 485 g/mol. The minimum atomic E-state index is -0.722. The topological polar surface area (TPSA) is 72.8 Å². The minimum absolute atomic E-state index is 0.0442. The molecule has 3 aromatic carbocycles. The lowest BCUT2D eigenvalue weighted by atomic mass is 9.77. The smallest absolute Gasteiger partial charge is 0.362 e. The van der Waals surface area contributed by atoms with Crippen LogP contribution in [0.1, 0.15) is 36.2 Å². The Labute approximate surface area is 209 Å². The van der Waals surface area contributed by atoms with E-state index in [0.29, 0.717) is 17.4 Å². The fourth-order valence-corrected chi connectivity index (χ4v) is 4.65. The second kappa shape index (κ2) is 11.4. The van der Waals surface area contributed by atoms with Crippen LogP contribution in [0.3, 0.4) is 0 Å². The summed E-state index contributed by atoms with van der Waals surface area (Å²) in [5, 5.41) is 10.1. The molecule has 1 heterocycles. The maximum atomic E-state index is 12.5. The molecular formula is C28H27N3O3S. The standard InChI is InChI=1S/C28H27N3O3S/c1-3-33-26(32)25(31-34-4-2)24-20-35-27(29-24)30-28(21-14-8-5-9-15-21,22-16-10-6-11-17-22)23-18-12-7-13-19-23/h5-20H,3-4H2,1-2H3,(H,29,30)/b31-25-. The van der Waals surface area contributed by atoms with Gasteiger partial charge < -0.3 is 14.9 Å². The van der Waals surface area contributed by atoms with E-state index in [4.69, 9.17) is 14.6 Å². The van der Waals surface area contributed by atoms with Crippen molar-refractivity contribution in [2.45, 2.75) is 19.4 Å². The minimum Gasteiger partial charge on any atom is -0.461 e. The van der Waals surface area contributed by atoms with E-state index in [1.807, 2.05) is 54.6 Å². The van der Waals surface area contributed by atoms with Gasteiger partial charge >= 0.3 is 5.97 Å². The molecule has 6 nitrogen and oxygen atoms in total. The highest BCUT2D eigenvalue weighted by Gasteiger charge is 2.37. The highest BCUT2D eigenvalue weighted by atomic mass is 32.1. The van der Waals surface area contributed by atoms with Gasteiger partial charge in [-0.3, -0.25) is 0 Å². The zero-order chi connectivity index (χ0) is 24.5. The first-order chi connectivity index (χ1) is 17.2. The van der Waals surface area contributed by atoms with Crippen LogP contribution >= 0.6 is 11.3 Å². The van der Waals surface area contributed by atoms with Crippen LogP contribution < -0.4 is 5.32 Å². The van der Waals surface area contributed by atoms with Crippen molar-refractivity contribution >= 4 is 28.1 Å². The molecule has 0 radical (unpaired) electrons. The summed E-state index contributed by atoms with van der Waals surface area (Å²) in [6, 6.07) is 30.8. The zero-order valence-electron chi connectivity index (χ0n) is 19.7. The SMILES string of the molecule is CCO/N=C(\C(=O)OCC)c1csc(NC(c2ccccc2)(c2ccccc2)c2ccccc2)n1. The van der Waals surface area contributed by atoms with Crippen molar-refractivity contribution in [1.82, 2.24) is 4.98 Å². The van der Waals surface area contributed by atoms with Crippen molar-refractivity contribution in [3.8, 4) is 0 Å². The lowest BCUT2D eigenvalue weighted by Gasteiger charge is -2.36. The van der Waals surface area contributed by atoms with E-state index in [2.05, 4.69) is 46.9 Å². The van der Waals surface area contributed by atoms with Crippen molar-refractivity contribution < 1.29 is 14.4 Å². The molecule has 0 aliphatic rings. The van der Waals surface area contributed by atoms with E-state index in [1.165, 1.54) is 11.3 Å². The van der Waals surface area contributed by atoms with Crippen molar-refractivity contribution in [3.63, 3.8) is 0 Å². The summed E-state index contributed by atoms with van der Waals surface area (Å²) in [6.07, 6.45) is 0. The second-order valence-corrected chi connectivity index (χ2v) is 8.45. The molecule has 0 aliphatic heterocycles. The molecule has 178 valence electrons. The van der Waals surface area contributed by atoms with E-state index in [0.717, 1.165) is 16.7 Å². The number of anilines is 1. The van der Waals surface area contributed by atoms with E-state index in [9.17, 15) is 4.79 Å². The van der Waals surface area contributed by atoms with Crippen LogP contribution in [-0.4, -0.2) is 29.9 Å². The molecule has 0 saturated carbocycles. The van der Waals surface area contributed by atoms with Crippen LogP contribution in [-0.2, 0) is 19.9 Å². The van der Waals surface area contributed by atoms with Crippen molar-refractivity contribution in [2.24, 2.45) is 5.16 Å². The highest BCUT2D eigenvalue weighted by Crippen LogP contribution is 2.40. The van der Waals surface area contributed by atoms with Crippen LogP contribution in [0.4, 0.5) is 5.13 Å². The summed E-state index contributed by atoms with van der Waals surface area (Å²) in [7, 11) is 0. The van der Waals surface area contributed by atoms with Gasteiger partial charge in [-0.05, 0) is 30.5 Å². The molecule has 4 aromatic rings. The van der Waals surface area contributed by atoms with Gasteiger partial charge in [0, 0.05) is 5.38 Å². The number of hydrogen-bond donors (Lipinski definition) is 1. The fourth-order valence-electron chi connectivity index (χ4n) is 3.90. The molecule has 0 fully saturated rings. The molecule has 0 amide bonds. The third kappa shape index (κ3) is 5.25. The van der Waals surface area contributed by atoms with Gasteiger partial charge in [-0.1, -0.05) is 96.2 Å². The average Bonchev–Trinajstić information content (AvgIpc) is 3.37. The van der Waals surface area contributed by atoms with Crippen molar-refractivity contribution in [1.29, 1.82) is 0 Å². The third-order valence-corrected chi connectivity index (χ3v) is 6.17. The Bertz CT molecular complexity index is 1160. The van der Waals surface area contributed by atoms with E-state index >= 15 is 0 Å². The van der Waals surface area contributed by atoms with Crippen LogP contribution in [0.5, 0.6) is 0 Å². The maximum Gasteiger partial charge on any atom is 0.362 e. The maximum absolute atomic E-state index is 12.5. The fraction of sp³-hybridized carbons (Fsp3) is 0.179. The largest absolute Gasteiger partial charge is 0.461 e. The highest BCUT2D eigenvalue weighted by molar-refractivity contribution is 7.14. The number of ether oxygens (including phenoxy) is 1. The number of oxime groups is 1. The molecule has 0 aliphatic carbocycles. The number of carbonyl (C=O) groups excluding carboxylic acids is 1. The van der Waals surface area contributed by atoms with E-state index < -0.39 is 11.5 Å². The Kier molecular flexibility index (Phi) is 7.90. The van der Waals surface area contributed by atoms with Gasteiger partial charge in [-0.15, -0.1) is 11.3 Å². The predicted octanol–water partition coefficient (Wildman–Crippen LogP) is 5.85. The van der Waals surface area contributed by atoms with Gasteiger partial charge in [0.25, 0.3) is 0 Å². The number of nitrogens with one attached hydrogen (secondary N) is 1. The second-order valence-electron chi connectivity index (χ2n) is 7.59. The van der Waals surface area contributed by atoms with E-state index in [-0.39, 0.29) is 12.3 Å². The summed E-state index contributed by atoms with van der Waals surface area (Å²) in [5.74, 6) is -0.571. The lowest BCUT2D eigenvalue weighted by molar-refractivity contribution is -0.135. The molecule has 0 unspecified atom stereocenters. The molecule has 4 rings (SSSR count). The molecule has 1 N–H and O–H groups in total. The summed E-state index contributed by atoms with van der Waals surface area (Å²) < 4.78 is 5.17. The van der Waals surface area contributed by atoms with Gasteiger partial charge in [-0.2, -0.15) is 0 Å². The number of esters is 1. The Morgan fingerprint density at radius 1 is 0.857 bits per heavy atom. The summed E-state index contributed by atoms with van der Waals surface area (Å²) in [6.45, 7) is 4.11. The van der Waals surface area contributed by atoms with Gasteiger partial charge in [0.1, 0.15) is 17.8 Å². The first kappa shape index (κ1) is 24.2. The first-order valence-electron chi connectivity index (χ1n) is 11.5. The molecule has 0 saturated heterocycles. The molecule has 7 heteroatoms. The van der Waals surface area contributed by atoms with Gasteiger partial charge in [0.05, 0.1) is 6.61 Å². The summed E-state index contributed by atoms with van der Waals surface area (Å²) >= 11 is 1.39. The Morgan fingerprint density at radius 2 is 1.37 bits per heavy atom. The number of hydrogen-bond acceptors (Lipinski definition) is 7. The zero-order valence-corrected chi connectivity index (χ0v) is 20.5.